The highest BCUT2D eigenvalue weighted by Crippen LogP contribution is 2.23. The summed E-state index contributed by atoms with van der Waals surface area (Å²) >= 11 is 0. The zero-order valence-corrected chi connectivity index (χ0v) is 16.6. The number of ether oxygens (including phenoxy) is 1. The number of aliphatic hydroxyl groups is 4. The van der Waals surface area contributed by atoms with Crippen LogP contribution in [0.1, 0.15) is 77.6 Å². The Morgan fingerprint density at radius 1 is 0.852 bits per heavy atom. The highest BCUT2D eigenvalue weighted by Gasteiger charge is 2.43. The van der Waals surface area contributed by atoms with Gasteiger partial charge in [-0.15, -0.1) is 0 Å². The molecule has 6 heteroatoms. The van der Waals surface area contributed by atoms with E-state index in [2.05, 4.69) is 6.92 Å². The molecule has 0 radical (unpaired) electrons. The third kappa shape index (κ3) is 9.30. The van der Waals surface area contributed by atoms with Crippen molar-refractivity contribution in [2.24, 2.45) is 0 Å². The highest BCUT2D eigenvalue weighted by atomic mass is 16.5. The lowest BCUT2D eigenvalue weighted by molar-refractivity contribution is -0.229. The molecule has 27 heavy (non-hydrogen) atoms. The number of hydrogen-bond donors (Lipinski definition) is 4. The van der Waals surface area contributed by atoms with E-state index in [1.807, 2.05) is 12.2 Å². The van der Waals surface area contributed by atoms with E-state index in [9.17, 15) is 20.1 Å². The Balaban J connectivity index is 2.15. The molecule has 0 saturated carbocycles. The molecule has 0 aromatic carbocycles. The molecule has 158 valence electrons. The summed E-state index contributed by atoms with van der Waals surface area (Å²) < 4.78 is 5.35. The number of allylic oxidation sites excluding steroid dienone is 2. The summed E-state index contributed by atoms with van der Waals surface area (Å²) in [6, 6.07) is 0. The van der Waals surface area contributed by atoms with Crippen molar-refractivity contribution in [2.75, 3.05) is 6.61 Å². The van der Waals surface area contributed by atoms with Gasteiger partial charge in [0.05, 0.1) is 12.7 Å². The largest absolute Gasteiger partial charge is 0.394 e. The zero-order valence-electron chi connectivity index (χ0n) is 16.6. The number of rotatable bonds is 14. The smallest absolute Gasteiger partial charge is 0.139 e. The third-order valence-electron chi connectivity index (χ3n) is 5.16. The van der Waals surface area contributed by atoms with E-state index >= 15 is 0 Å². The lowest BCUT2D eigenvalue weighted by Crippen LogP contribution is -2.58. The van der Waals surface area contributed by atoms with Gasteiger partial charge in [0.25, 0.3) is 0 Å². The first-order chi connectivity index (χ1) is 13.0. The van der Waals surface area contributed by atoms with Gasteiger partial charge in [-0.05, 0) is 12.8 Å². The third-order valence-corrected chi connectivity index (χ3v) is 5.16. The number of ketones is 1. The first-order valence-electron chi connectivity index (χ1n) is 10.5. The van der Waals surface area contributed by atoms with E-state index in [-0.39, 0.29) is 18.6 Å². The van der Waals surface area contributed by atoms with Crippen LogP contribution in [0.3, 0.4) is 0 Å². The van der Waals surface area contributed by atoms with E-state index in [1.165, 1.54) is 44.9 Å². The van der Waals surface area contributed by atoms with Crippen LogP contribution in [0.5, 0.6) is 0 Å². The van der Waals surface area contributed by atoms with Crippen molar-refractivity contribution in [3.8, 4) is 0 Å². The number of carbonyl (C=O) groups excluding carboxylic acids is 1. The number of aliphatic hydroxyl groups excluding tert-OH is 4. The van der Waals surface area contributed by atoms with E-state index in [4.69, 9.17) is 9.84 Å². The van der Waals surface area contributed by atoms with Crippen LogP contribution >= 0.6 is 0 Å². The predicted octanol–water partition coefficient (Wildman–Crippen LogP) is 2.27. The van der Waals surface area contributed by atoms with E-state index in [0.717, 1.165) is 12.8 Å². The standard InChI is InChI=1S/C21H38O6/c1-2-3-4-5-6-7-8-9-10-11-12-13-16(23)14-17-19(24)21(26)20(25)18(15-22)27-17/h11-12,17-22,24-26H,2-10,13-15H2,1H3/b12-11-/t17-,18?,19?,20+,21+/m0/s1. The quantitative estimate of drug-likeness (QED) is 0.269. The van der Waals surface area contributed by atoms with E-state index < -0.39 is 37.1 Å². The van der Waals surface area contributed by atoms with Gasteiger partial charge >= 0.3 is 0 Å². The second-order valence-electron chi connectivity index (χ2n) is 7.55. The summed E-state index contributed by atoms with van der Waals surface area (Å²) in [6.07, 6.45) is 9.21. The average Bonchev–Trinajstić information content (AvgIpc) is 2.66. The molecule has 1 fully saturated rings. The van der Waals surface area contributed by atoms with Gasteiger partial charge in [0.15, 0.2) is 0 Å². The molecule has 0 amide bonds. The Labute approximate surface area is 163 Å². The van der Waals surface area contributed by atoms with Crippen molar-refractivity contribution >= 4 is 5.78 Å². The molecule has 1 saturated heterocycles. The molecule has 0 spiro atoms. The van der Waals surface area contributed by atoms with Crippen LogP contribution in [0.2, 0.25) is 0 Å². The van der Waals surface area contributed by atoms with Gasteiger partial charge in [-0.3, -0.25) is 4.79 Å². The summed E-state index contributed by atoms with van der Waals surface area (Å²) in [5, 5.41) is 38.6. The molecule has 1 aliphatic rings. The lowest BCUT2D eigenvalue weighted by atomic mass is 9.92. The molecular formula is C21H38O6. The molecule has 5 atom stereocenters. The van der Waals surface area contributed by atoms with Crippen LogP contribution in [0.25, 0.3) is 0 Å². The Hall–Kier alpha value is -0.790. The zero-order chi connectivity index (χ0) is 20.1. The second-order valence-corrected chi connectivity index (χ2v) is 7.55. The SMILES string of the molecule is CCCCCCCCCC/C=C\CC(=O)C[C@@H]1OC(CO)[C@@H](O)[C@H](O)C1O. The van der Waals surface area contributed by atoms with Gasteiger partial charge < -0.3 is 25.2 Å². The van der Waals surface area contributed by atoms with E-state index in [1.54, 1.807) is 0 Å². The molecular weight excluding hydrogens is 348 g/mol. The van der Waals surface area contributed by atoms with Crippen molar-refractivity contribution < 1.29 is 30.0 Å². The van der Waals surface area contributed by atoms with Gasteiger partial charge in [-0.2, -0.15) is 0 Å². The molecule has 6 nitrogen and oxygen atoms in total. The molecule has 0 bridgehead atoms. The van der Waals surface area contributed by atoms with Crippen LogP contribution in [0.4, 0.5) is 0 Å². The van der Waals surface area contributed by atoms with Gasteiger partial charge in [0.1, 0.15) is 30.2 Å². The molecule has 0 aromatic rings. The summed E-state index contributed by atoms with van der Waals surface area (Å²) in [4.78, 5) is 12.1. The van der Waals surface area contributed by atoms with Gasteiger partial charge in [0, 0.05) is 12.8 Å². The second kappa shape index (κ2) is 14.2. The van der Waals surface area contributed by atoms with Gasteiger partial charge in [-0.1, -0.05) is 64.0 Å². The Morgan fingerprint density at radius 2 is 1.44 bits per heavy atom. The fourth-order valence-corrected chi connectivity index (χ4v) is 3.38. The van der Waals surface area contributed by atoms with Crippen LogP contribution in [0, 0.1) is 0 Å². The fourth-order valence-electron chi connectivity index (χ4n) is 3.38. The number of hydrogen-bond acceptors (Lipinski definition) is 6. The summed E-state index contributed by atoms with van der Waals surface area (Å²) in [6.45, 7) is 1.75. The maximum absolute atomic E-state index is 12.1. The minimum Gasteiger partial charge on any atom is -0.394 e. The van der Waals surface area contributed by atoms with E-state index in [0.29, 0.717) is 0 Å². The van der Waals surface area contributed by atoms with Crippen molar-refractivity contribution in [1.29, 1.82) is 0 Å². The summed E-state index contributed by atoms with van der Waals surface area (Å²) in [5.74, 6) is -0.105. The Bertz CT molecular complexity index is 423. The molecule has 0 aliphatic carbocycles. The maximum Gasteiger partial charge on any atom is 0.139 e. The lowest BCUT2D eigenvalue weighted by Gasteiger charge is -2.39. The summed E-state index contributed by atoms with van der Waals surface area (Å²) in [7, 11) is 0. The van der Waals surface area contributed by atoms with Crippen molar-refractivity contribution in [3.63, 3.8) is 0 Å². The normalized spacial score (nSPS) is 28.7. The van der Waals surface area contributed by atoms with Crippen LogP contribution in [-0.2, 0) is 9.53 Å². The Kier molecular flexibility index (Phi) is 12.8. The minimum absolute atomic E-state index is 0.0520. The first-order valence-corrected chi connectivity index (χ1v) is 10.5. The number of Topliss-reactive ketones (excluding diaryl/α,β-unsaturated/α-hetero) is 1. The molecule has 1 rings (SSSR count). The Morgan fingerprint density at radius 3 is 2.07 bits per heavy atom. The summed E-state index contributed by atoms with van der Waals surface area (Å²) in [5.41, 5.74) is 0. The van der Waals surface area contributed by atoms with Gasteiger partial charge in [0.2, 0.25) is 0 Å². The number of unbranched alkanes of at least 4 members (excludes halogenated alkanes) is 8. The van der Waals surface area contributed by atoms with Crippen molar-refractivity contribution in [3.05, 3.63) is 12.2 Å². The maximum atomic E-state index is 12.1. The molecule has 1 aliphatic heterocycles. The molecule has 2 unspecified atom stereocenters. The van der Waals surface area contributed by atoms with Crippen LogP contribution in [0.15, 0.2) is 12.2 Å². The number of carbonyl (C=O) groups is 1. The van der Waals surface area contributed by atoms with Crippen molar-refractivity contribution in [2.45, 2.75) is 108 Å². The minimum atomic E-state index is -1.42. The highest BCUT2D eigenvalue weighted by molar-refractivity contribution is 5.80. The topological polar surface area (TPSA) is 107 Å². The van der Waals surface area contributed by atoms with Crippen LogP contribution < -0.4 is 0 Å². The van der Waals surface area contributed by atoms with Gasteiger partial charge in [-0.25, -0.2) is 0 Å². The average molecular weight is 387 g/mol. The molecule has 4 N–H and O–H groups in total. The monoisotopic (exact) mass is 386 g/mol. The first kappa shape index (κ1) is 24.2. The molecule has 0 aromatic heterocycles. The van der Waals surface area contributed by atoms with Crippen LogP contribution in [-0.4, -0.2) is 63.3 Å². The predicted molar refractivity (Wildman–Crippen MR) is 104 cm³/mol. The fraction of sp³-hybridized carbons (Fsp3) is 0.857. The molecule has 1 heterocycles. The van der Waals surface area contributed by atoms with Crippen molar-refractivity contribution in [1.82, 2.24) is 0 Å².